The van der Waals surface area contributed by atoms with Crippen LogP contribution in [0.3, 0.4) is 0 Å². The molecule has 1 aliphatic heterocycles. The van der Waals surface area contributed by atoms with E-state index >= 15 is 0 Å². The van der Waals surface area contributed by atoms with Crippen LogP contribution in [0.1, 0.15) is 29.7 Å². The summed E-state index contributed by atoms with van der Waals surface area (Å²) in [4.78, 5) is 0. The largest absolute Gasteiger partial charge is 0.508 e. The minimum Gasteiger partial charge on any atom is -0.508 e. The zero-order chi connectivity index (χ0) is 9.42. The molecule has 0 amide bonds. The number of benzene rings is 1. The van der Waals surface area contributed by atoms with Crippen molar-refractivity contribution in [2.75, 3.05) is 6.54 Å². The molecule has 1 aliphatic rings. The first-order chi connectivity index (χ1) is 6.18. The Bertz CT molecular complexity index is 333. The molecule has 13 heavy (non-hydrogen) atoms. The van der Waals surface area contributed by atoms with E-state index in [0.29, 0.717) is 11.8 Å². The van der Waals surface area contributed by atoms with Gasteiger partial charge in [-0.1, -0.05) is 6.07 Å². The average molecular weight is 177 g/mol. The summed E-state index contributed by atoms with van der Waals surface area (Å²) >= 11 is 0. The highest BCUT2D eigenvalue weighted by Gasteiger charge is 2.16. The molecule has 0 saturated heterocycles. The third kappa shape index (κ3) is 1.42. The second kappa shape index (κ2) is 3.04. The zero-order valence-electron chi connectivity index (χ0n) is 8.09. The van der Waals surface area contributed by atoms with Crippen molar-refractivity contribution in [2.45, 2.75) is 26.3 Å². The van der Waals surface area contributed by atoms with E-state index in [2.05, 4.69) is 18.3 Å². The van der Waals surface area contributed by atoms with E-state index in [1.165, 1.54) is 11.1 Å². The summed E-state index contributed by atoms with van der Waals surface area (Å²) in [7, 11) is 0. The topological polar surface area (TPSA) is 32.3 Å². The minimum atomic E-state index is 0.371. The van der Waals surface area contributed by atoms with Crippen molar-refractivity contribution in [3.8, 4) is 5.75 Å². The average Bonchev–Trinajstić information content (AvgIpc) is 2.09. The number of hydrogen-bond donors (Lipinski definition) is 2. The van der Waals surface area contributed by atoms with E-state index < -0.39 is 0 Å². The molecule has 0 aromatic heterocycles. The van der Waals surface area contributed by atoms with Gasteiger partial charge in [0.2, 0.25) is 0 Å². The summed E-state index contributed by atoms with van der Waals surface area (Å²) in [6.45, 7) is 5.12. The van der Waals surface area contributed by atoms with Gasteiger partial charge in [0.15, 0.2) is 0 Å². The molecule has 0 fully saturated rings. The Morgan fingerprint density at radius 1 is 1.46 bits per heavy atom. The van der Waals surface area contributed by atoms with Crippen molar-refractivity contribution in [1.29, 1.82) is 0 Å². The van der Waals surface area contributed by atoms with Gasteiger partial charge in [-0.3, -0.25) is 0 Å². The maximum atomic E-state index is 9.57. The Balaban J connectivity index is 2.52. The predicted molar refractivity (Wildman–Crippen MR) is 53.0 cm³/mol. The molecule has 1 heterocycles. The number of nitrogens with one attached hydrogen (secondary N) is 1. The normalized spacial score (nSPS) is 21.2. The lowest BCUT2D eigenvalue weighted by atomic mass is 9.93. The second-order valence-corrected chi connectivity index (χ2v) is 3.76. The van der Waals surface area contributed by atoms with Gasteiger partial charge < -0.3 is 10.4 Å². The maximum absolute atomic E-state index is 9.57. The minimum absolute atomic E-state index is 0.371. The van der Waals surface area contributed by atoms with Gasteiger partial charge in [0.05, 0.1) is 0 Å². The molecule has 1 atom stereocenters. The highest BCUT2D eigenvalue weighted by atomic mass is 16.3. The molecular weight excluding hydrogens is 162 g/mol. The molecule has 0 spiro atoms. The monoisotopic (exact) mass is 177 g/mol. The summed E-state index contributed by atoms with van der Waals surface area (Å²) < 4.78 is 0. The lowest BCUT2D eigenvalue weighted by molar-refractivity contribution is 0.464. The summed E-state index contributed by atoms with van der Waals surface area (Å²) in [6.07, 6.45) is 1.07. The van der Waals surface area contributed by atoms with Crippen LogP contribution in [0.5, 0.6) is 5.75 Å². The third-order valence-corrected chi connectivity index (χ3v) is 2.77. The SMILES string of the molecule is Cc1cc2c(cc1O)C(C)NCC2. The van der Waals surface area contributed by atoms with Gasteiger partial charge in [0.25, 0.3) is 0 Å². The molecule has 0 saturated carbocycles. The van der Waals surface area contributed by atoms with Gasteiger partial charge in [-0.25, -0.2) is 0 Å². The van der Waals surface area contributed by atoms with Gasteiger partial charge in [-0.15, -0.1) is 0 Å². The molecule has 70 valence electrons. The lowest BCUT2D eigenvalue weighted by Crippen LogP contribution is -2.27. The summed E-state index contributed by atoms with van der Waals surface area (Å²) in [5.41, 5.74) is 3.60. The Labute approximate surface area is 78.6 Å². The van der Waals surface area contributed by atoms with Crippen LogP contribution >= 0.6 is 0 Å². The van der Waals surface area contributed by atoms with Crippen molar-refractivity contribution in [1.82, 2.24) is 5.32 Å². The fourth-order valence-electron chi connectivity index (χ4n) is 1.93. The molecule has 2 rings (SSSR count). The molecule has 0 radical (unpaired) electrons. The van der Waals surface area contributed by atoms with Crippen LogP contribution in [-0.4, -0.2) is 11.7 Å². The summed E-state index contributed by atoms with van der Waals surface area (Å²) in [5, 5.41) is 12.9. The van der Waals surface area contributed by atoms with Crippen LogP contribution in [0.25, 0.3) is 0 Å². The number of phenolic OH excluding ortho intramolecular Hbond substituents is 1. The molecule has 2 heteroatoms. The maximum Gasteiger partial charge on any atom is 0.118 e. The van der Waals surface area contributed by atoms with Gasteiger partial charge in [0.1, 0.15) is 5.75 Å². The molecule has 0 aliphatic carbocycles. The highest BCUT2D eigenvalue weighted by molar-refractivity contribution is 5.43. The number of phenols is 1. The molecule has 2 nitrogen and oxygen atoms in total. The zero-order valence-corrected chi connectivity index (χ0v) is 8.09. The Kier molecular flexibility index (Phi) is 2.00. The first-order valence-corrected chi connectivity index (χ1v) is 4.74. The van der Waals surface area contributed by atoms with Gasteiger partial charge in [-0.05, 0) is 49.6 Å². The molecular formula is C11H15NO. The predicted octanol–water partition coefficient (Wildman–Crippen LogP) is 1.91. The first-order valence-electron chi connectivity index (χ1n) is 4.74. The van der Waals surface area contributed by atoms with E-state index in [1.807, 2.05) is 13.0 Å². The Morgan fingerprint density at radius 2 is 2.23 bits per heavy atom. The van der Waals surface area contributed by atoms with Crippen molar-refractivity contribution in [2.24, 2.45) is 0 Å². The quantitative estimate of drug-likeness (QED) is 0.634. The third-order valence-electron chi connectivity index (χ3n) is 2.77. The van der Waals surface area contributed by atoms with Crippen LogP contribution < -0.4 is 5.32 Å². The van der Waals surface area contributed by atoms with Crippen LogP contribution in [0.15, 0.2) is 12.1 Å². The van der Waals surface area contributed by atoms with Crippen LogP contribution in [0.4, 0.5) is 0 Å². The molecule has 1 unspecified atom stereocenters. The fraction of sp³-hybridized carbons (Fsp3) is 0.455. The van der Waals surface area contributed by atoms with Crippen LogP contribution in [0.2, 0.25) is 0 Å². The van der Waals surface area contributed by atoms with Crippen LogP contribution in [-0.2, 0) is 6.42 Å². The highest BCUT2D eigenvalue weighted by Crippen LogP contribution is 2.28. The van der Waals surface area contributed by atoms with Crippen molar-refractivity contribution in [3.05, 3.63) is 28.8 Å². The lowest BCUT2D eigenvalue weighted by Gasteiger charge is -2.24. The van der Waals surface area contributed by atoms with Crippen LogP contribution in [0, 0.1) is 6.92 Å². The number of rotatable bonds is 0. The van der Waals surface area contributed by atoms with Crippen molar-refractivity contribution >= 4 is 0 Å². The number of aromatic hydroxyl groups is 1. The second-order valence-electron chi connectivity index (χ2n) is 3.76. The van der Waals surface area contributed by atoms with Gasteiger partial charge >= 0.3 is 0 Å². The number of aryl methyl sites for hydroxylation is 1. The number of fused-ring (bicyclic) bond motifs is 1. The summed E-state index contributed by atoms with van der Waals surface area (Å²) in [5.74, 6) is 0.411. The molecule has 1 aromatic carbocycles. The number of hydrogen-bond acceptors (Lipinski definition) is 2. The Hall–Kier alpha value is -1.02. The fourth-order valence-corrected chi connectivity index (χ4v) is 1.93. The van der Waals surface area contributed by atoms with Crippen molar-refractivity contribution < 1.29 is 5.11 Å². The smallest absolute Gasteiger partial charge is 0.118 e. The van der Waals surface area contributed by atoms with Crippen molar-refractivity contribution in [3.63, 3.8) is 0 Å². The standard InChI is InChI=1S/C11H15NO/c1-7-5-9-3-4-12-8(2)10(9)6-11(7)13/h5-6,8,12-13H,3-4H2,1-2H3. The van der Waals surface area contributed by atoms with E-state index in [4.69, 9.17) is 0 Å². The summed E-state index contributed by atoms with van der Waals surface area (Å²) in [6, 6.07) is 4.36. The molecule has 0 bridgehead atoms. The van der Waals surface area contributed by atoms with E-state index in [-0.39, 0.29) is 0 Å². The molecule has 2 N–H and O–H groups in total. The van der Waals surface area contributed by atoms with Gasteiger partial charge in [-0.2, -0.15) is 0 Å². The van der Waals surface area contributed by atoms with E-state index in [9.17, 15) is 5.11 Å². The van der Waals surface area contributed by atoms with E-state index in [1.54, 1.807) is 0 Å². The first kappa shape index (κ1) is 8.57. The molecule has 1 aromatic rings. The van der Waals surface area contributed by atoms with E-state index in [0.717, 1.165) is 18.5 Å². The Morgan fingerprint density at radius 3 is 3.00 bits per heavy atom. The van der Waals surface area contributed by atoms with Gasteiger partial charge in [0, 0.05) is 6.04 Å².